The Kier molecular flexibility index (Phi) is 6.44. The number of benzene rings is 3. The van der Waals surface area contributed by atoms with Crippen LogP contribution < -0.4 is 5.32 Å². The van der Waals surface area contributed by atoms with Crippen LogP contribution in [0.4, 0.5) is 0 Å². The normalized spacial score (nSPS) is 12.0. The third-order valence-electron chi connectivity index (χ3n) is 6.24. The van der Waals surface area contributed by atoms with Gasteiger partial charge < -0.3 is 14.6 Å². The topological polar surface area (TPSA) is 73.2 Å². The summed E-state index contributed by atoms with van der Waals surface area (Å²) in [5.74, 6) is -0.639. The molecule has 5 aromatic rings. The maximum atomic E-state index is 13.4. The molecule has 2 aromatic heterocycles. The Morgan fingerprint density at radius 1 is 1.00 bits per heavy atom. The van der Waals surface area contributed by atoms with Crippen LogP contribution >= 0.6 is 11.6 Å². The van der Waals surface area contributed by atoms with E-state index in [-0.39, 0.29) is 11.9 Å². The van der Waals surface area contributed by atoms with Crippen molar-refractivity contribution in [1.82, 2.24) is 14.9 Å². The molecule has 0 radical (unpaired) electrons. The van der Waals surface area contributed by atoms with Gasteiger partial charge in [-0.05, 0) is 55.0 Å². The smallest absolute Gasteiger partial charge is 0.337 e. The first-order valence-corrected chi connectivity index (χ1v) is 11.9. The predicted molar refractivity (Wildman–Crippen MR) is 141 cm³/mol. The van der Waals surface area contributed by atoms with E-state index in [9.17, 15) is 9.59 Å². The molecule has 7 heteroatoms. The van der Waals surface area contributed by atoms with Gasteiger partial charge in [-0.15, -0.1) is 0 Å². The van der Waals surface area contributed by atoms with E-state index in [0.717, 1.165) is 33.1 Å². The number of hydrogen-bond donors (Lipinski definition) is 1. The summed E-state index contributed by atoms with van der Waals surface area (Å²) in [6, 6.07) is 24.2. The van der Waals surface area contributed by atoms with Crippen molar-refractivity contribution in [1.29, 1.82) is 0 Å². The van der Waals surface area contributed by atoms with E-state index in [1.165, 1.54) is 7.11 Å². The van der Waals surface area contributed by atoms with Crippen LogP contribution in [0, 0.1) is 0 Å². The molecule has 1 N–H and O–H groups in total. The highest BCUT2D eigenvalue weighted by atomic mass is 35.5. The third kappa shape index (κ3) is 4.68. The SMILES string of the molecule is COC(=O)c1ccc([C@H](C)NC(=O)c2cc(Cl)cc3ccn(Cc4ccc5ccccc5n4)c23)cc1. The van der Waals surface area contributed by atoms with Crippen molar-refractivity contribution in [3.63, 3.8) is 0 Å². The summed E-state index contributed by atoms with van der Waals surface area (Å²) >= 11 is 6.37. The molecule has 0 spiro atoms. The van der Waals surface area contributed by atoms with E-state index in [1.54, 1.807) is 30.3 Å². The van der Waals surface area contributed by atoms with Crippen molar-refractivity contribution in [2.24, 2.45) is 0 Å². The summed E-state index contributed by atoms with van der Waals surface area (Å²) in [4.78, 5) is 29.9. The average Bonchev–Trinajstić information content (AvgIpc) is 3.29. The number of esters is 1. The number of amides is 1. The van der Waals surface area contributed by atoms with Gasteiger partial charge in [-0.25, -0.2) is 4.79 Å². The van der Waals surface area contributed by atoms with E-state index in [2.05, 4.69) is 11.4 Å². The number of pyridine rings is 1. The van der Waals surface area contributed by atoms with Crippen molar-refractivity contribution in [2.45, 2.75) is 19.5 Å². The van der Waals surface area contributed by atoms with Crippen LogP contribution in [-0.2, 0) is 11.3 Å². The Labute approximate surface area is 213 Å². The van der Waals surface area contributed by atoms with Gasteiger partial charge in [0.1, 0.15) is 0 Å². The van der Waals surface area contributed by atoms with Gasteiger partial charge in [-0.1, -0.05) is 48.0 Å². The highest BCUT2D eigenvalue weighted by Crippen LogP contribution is 2.27. The van der Waals surface area contributed by atoms with E-state index in [0.29, 0.717) is 22.7 Å². The molecule has 6 nitrogen and oxygen atoms in total. The van der Waals surface area contributed by atoms with Crippen molar-refractivity contribution >= 4 is 45.3 Å². The Morgan fingerprint density at radius 3 is 2.56 bits per heavy atom. The minimum absolute atomic E-state index is 0.238. The molecule has 2 heterocycles. The lowest BCUT2D eigenvalue weighted by molar-refractivity contribution is 0.0600. The van der Waals surface area contributed by atoms with Crippen LogP contribution in [0.2, 0.25) is 5.02 Å². The molecule has 1 amide bonds. The van der Waals surface area contributed by atoms with Crippen LogP contribution in [0.25, 0.3) is 21.8 Å². The highest BCUT2D eigenvalue weighted by Gasteiger charge is 2.18. The lowest BCUT2D eigenvalue weighted by Gasteiger charge is -2.16. The Bertz CT molecular complexity index is 1590. The van der Waals surface area contributed by atoms with Gasteiger partial charge >= 0.3 is 5.97 Å². The fourth-order valence-electron chi connectivity index (χ4n) is 4.37. The first-order valence-electron chi connectivity index (χ1n) is 11.5. The molecule has 1 atom stereocenters. The van der Waals surface area contributed by atoms with Gasteiger partial charge in [-0.3, -0.25) is 9.78 Å². The predicted octanol–water partition coefficient (Wildman–Crippen LogP) is 6.17. The second-order valence-corrected chi connectivity index (χ2v) is 9.08. The second-order valence-electron chi connectivity index (χ2n) is 8.64. The van der Waals surface area contributed by atoms with Crippen LogP contribution in [-0.4, -0.2) is 28.5 Å². The number of fused-ring (bicyclic) bond motifs is 2. The number of rotatable bonds is 6. The fraction of sp³-hybridized carbons (Fsp3) is 0.138. The molecule has 5 rings (SSSR count). The van der Waals surface area contributed by atoms with Crippen molar-refractivity contribution in [3.8, 4) is 0 Å². The minimum atomic E-state index is -0.402. The number of aromatic nitrogens is 2. The maximum Gasteiger partial charge on any atom is 0.337 e. The molecule has 0 saturated heterocycles. The zero-order chi connectivity index (χ0) is 25.2. The standard InChI is InChI=1S/C29H24ClN3O3/c1-18(19-7-9-21(10-8-19)29(35)36-2)31-28(34)25-16-23(30)15-22-13-14-33(27(22)25)17-24-12-11-20-5-3-4-6-26(20)32-24/h3-16,18H,17H2,1-2H3,(H,31,34)/t18-/m0/s1. The summed E-state index contributed by atoms with van der Waals surface area (Å²) in [6.07, 6.45) is 1.95. The van der Waals surface area contributed by atoms with Gasteiger partial charge in [0.05, 0.1) is 47.6 Å². The number of nitrogens with zero attached hydrogens (tertiary/aromatic N) is 2. The molecule has 0 saturated carbocycles. The fourth-order valence-corrected chi connectivity index (χ4v) is 4.60. The summed E-state index contributed by atoms with van der Waals surface area (Å²) in [7, 11) is 1.34. The number of hydrogen-bond acceptors (Lipinski definition) is 4. The Hall–Kier alpha value is -4.16. The number of methoxy groups -OCH3 is 1. The lowest BCUT2D eigenvalue weighted by Crippen LogP contribution is -2.27. The largest absolute Gasteiger partial charge is 0.465 e. The van der Waals surface area contributed by atoms with E-state index < -0.39 is 5.97 Å². The molecule has 0 bridgehead atoms. The summed E-state index contributed by atoms with van der Waals surface area (Å²) in [5.41, 5.74) is 4.42. The second kappa shape index (κ2) is 9.84. The monoisotopic (exact) mass is 497 g/mol. The van der Waals surface area contributed by atoms with Gasteiger partial charge in [0.2, 0.25) is 0 Å². The van der Waals surface area contributed by atoms with Gasteiger partial charge in [0.15, 0.2) is 0 Å². The molecule has 3 aromatic carbocycles. The number of para-hydroxylation sites is 1. The molecule has 180 valence electrons. The molecule has 0 fully saturated rings. The number of carbonyl (C=O) groups is 2. The Balaban J connectivity index is 1.43. The van der Waals surface area contributed by atoms with E-state index in [4.69, 9.17) is 21.3 Å². The number of carbonyl (C=O) groups excluding carboxylic acids is 2. The van der Waals surface area contributed by atoms with Crippen molar-refractivity contribution in [3.05, 3.63) is 112 Å². The molecule has 0 aliphatic carbocycles. The minimum Gasteiger partial charge on any atom is -0.465 e. The number of ether oxygens (including phenoxy) is 1. The lowest BCUT2D eigenvalue weighted by atomic mass is 10.0. The number of halogens is 1. The zero-order valence-electron chi connectivity index (χ0n) is 19.9. The molecule has 0 aliphatic heterocycles. The summed E-state index contributed by atoms with van der Waals surface area (Å²) in [5, 5.41) is 5.51. The van der Waals surface area contributed by atoms with Crippen LogP contribution in [0.15, 0.2) is 85.1 Å². The summed E-state index contributed by atoms with van der Waals surface area (Å²) < 4.78 is 6.77. The highest BCUT2D eigenvalue weighted by molar-refractivity contribution is 6.32. The van der Waals surface area contributed by atoms with E-state index in [1.807, 2.05) is 60.2 Å². The van der Waals surface area contributed by atoms with Gasteiger partial charge in [0, 0.05) is 22.0 Å². The van der Waals surface area contributed by atoms with E-state index >= 15 is 0 Å². The van der Waals surface area contributed by atoms with Crippen LogP contribution in [0.5, 0.6) is 0 Å². The number of nitrogens with one attached hydrogen (secondary N) is 1. The molecular formula is C29H24ClN3O3. The first-order chi connectivity index (χ1) is 17.4. The molecule has 0 unspecified atom stereocenters. The quantitative estimate of drug-likeness (QED) is 0.285. The third-order valence-corrected chi connectivity index (χ3v) is 6.46. The molecular weight excluding hydrogens is 474 g/mol. The Morgan fingerprint density at radius 2 is 1.78 bits per heavy atom. The van der Waals surface area contributed by atoms with Gasteiger partial charge in [-0.2, -0.15) is 0 Å². The zero-order valence-corrected chi connectivity index (χ0v) is 20.6. The van der Waals surface area contributed by atoms with Gasteiger partial charge in [0.25, 0.3) is 5.91 Å². The average molecular weight is 498 g/mol. The maximum absolute atomic E-state index is 13.4. The molecule has 36 heavy (non-hydrogen) atoms. The summed E-state index contributed by atoms with van der Waals surface area (Å²) in [6.45, 7) is 2.41. The van der Waals surface area contributed by atoms with Crippen molar-refractivity contribution < 1.29 is 14.3 Å². The van der Waals surface area contributed by atoms with Crippen LogP contribution in [0.3, 0.4) is 0 Å². The van der Waals surface area contributed by atoms with Crippen LogP contribution in [0.1, 0.15) is 44.9 Å². The van der Waals surface area contributed by atoms with Crippen molar-refractivity contribution in [2.75, 3.05) is 7.11 Å². The first kappa shape index (κ1) is 23.6. The molecule has 0 aliphatic rings.